The topological polar surface area (TPSA) is 89.8 Å². The van der Waals surface area contributed by atoms with Crippen LogP contribution in [0.2, 0.25) is 0 Å². The van der Waals surface area contributed by atoms with E-state index < -0.39 is 17.0 Å². The summed E-state index contributed by atoms with van der Waals surface area (Å²) in [6, 6.07) is 11.8. The Hall–Kier alpha value is -3.22. The summed E-state index contributed by atoms with van der Waals surface area (Å²) in [6.45, 7) is 4.94. The molecule has 0 spiro atoms. The molecule has 0 saturated heterocycles. The van der Waals surface area contributed by atoms with E-state index in [1.807, 2.05) is 31.2 Å². The predicted molar refractivity (Wildman–Crippen MR) is 99.8 cm³/mol. The van der Waals surface area contributed by atoms with Crippen LogP contribution in [0.1, 0.15) is 35.3 Å². The lowest BCUT2D eigenvalue weighted by molar-refractivity contribution is -0.385. The van der Waals surface area contributed by atoms with E-state index in [4.69, 9.17) is 4.74 Å². The van der Waals surface area contributed by atoms with Crippen LogP contribution in [0.4, 0.5) is 11.4 Å². The van der Waals surface area contributed by atoms with E-state index in [2.05, 4.69) is 0 Å². The lowest BCUT2D eigenvalue weighted by atomic mass is 10.1. The number of para-hydroxylation sites is 1. The van der Waals surface area contributed by atoms with Crippen molar-refractivity contribution in [2.24, 2.45) is 0 Å². The molecule has 27 heavy (non-hydrogen) atoms. The Morgan fingerprint density at radius 3 is 2.63 bits per heavy atom. The molecule has 1 aliphatic heterocycles. The SMILES string of the molecule is Cc1c(C(=O)O[C@@H](C)C(=O)N2c3ccccc3C[C@H]2C)cccc1[N+](=O)[O-]. The molecule has 7 nitrogen and oxygen atoms in total. The van der Waals surface area contributed by atoms with Gasteiger partial charge in [-0.3, -0.25) is 14.9 Å². The second-order valence-electron chi connectivity index (χ2n) is 6.64. The van der Waals surface area contributed by atoms with E-state index in [0.717, 1.165) is 17.7 Å². The number of esters is 1. The normalized spacial score (nSPS) is 16.6. The summed E-state index contributed by atoms with van der Waals surface area (Å²) in [4.78, 5) is 37.5. The maximum atomic E-state index is 12.9. The number of nitrogens with zero attached hydrogens (tertiary/aromatic N) is 2. The second kappa shape index (κ2) is 7.19. The average Bonchev–Trinajstić information content (AvgIpc) is 2.96. The smallest absolute Gasteiger partial charge is 0.339 e. The molecule has 0 N–H and O–H groups in total. The molecule has 1 heterocycles. The second-order valence-corrected chi connectivity index (χ2v) is 6.64. The molecule has 2 aromatic rings. The summed E-state index contributed by atoms with van der Waals surface area (Å²) in [5.41, 5.74) is 2.03. The predicted octanol–water partition coefficient (Wildman–Crippen LogP) is 3.43. The minimum absolute atomic E-state index is 0.0319. The van der Waals surface area contributed by atoms with Gasteiger partial charge >= 0.3 is 5.97 Å². The van der Waals surface area contributed by atoms with Crippen LogP contribution in [0.25, 0.3) is 0 Å². The van der Waals surface area contributed by atoms with Gasteiger partial charge in [-0.15, -0.1) is 0 Å². The van der Waals surface area contributed by atoms with Crippen LogP contribution in [-0.2, 0) is 16.0 Å². The molecule has 2 aromatic carbocycles. The molecule has 140 valence electrons. The van der Waals surface area contributed by atoms with E-state index in [1.54, 1.807) is 4.90 Å². The van der Waals surface area contributed by atoms with Crippen LogP contribution in [0, 0.1) is 17.0 Å². The molecule has 0 aromatic heterocycles. The van der Waals surface area contributed by atoms with Gasteiger partial charge in [-0.25, -0.2) is 4.79 Å². The Morgan fingerprint density at radius 1 is 1.22 bits per heavy atom. The number of nitro benzene ring substituents is 1. The Morgan fingerprint density at radius 2 is 1.93 bits per heavy atom. The van der Waals surface area contributed by atoms with Gasteiger partial charge in [0, 0.05) is 23.4 Å². The van der Waals surface area contributed by atoms with Crippen LogP contribution in [0.15, 0.2) is 42.5 Å². The van der Waals surface area contributed by atoms with Crippen molar-refractivity contribution in [3.8, 4) is 0 Å². The number of carbonyl (C=O) groups is 2. The number of nitro groups is 1. The van der Waals surface area contributed by atoms with Gasteiger partial charge in [0.15, 0.2) is 6.10 Å². The van der Waals surface area contributed by atoms with E-state index in [-0.39, 0.29) is 28.8 Å². The molecule has 1 aliphatic rings. The summed E-state index contributed by atoms with van der Waals surface area (Å²) in [6.07, 6.45) is -0.267. The minimum atomic E-state index is -1.01. The summed E-state index contributed by atoms with van der Waals surface area (Å²) in [5, 5.41) is 11.0. The molecule has 3 rings (SSSR count). The van der Waals surface area contributed by atoms with Gasteiger partial charge < -0.3 is 9.64 Å². The number of hydrogen-bond donors (Lipinski definition) is 0. The van der Waals surface area contributed by atoms with Gasteiger partial charge in [-0.1, -0.05) is 24.3 Å². The fourth-order valence-electron chi connectivity index (χ4n) is 3.41. The van der Waals surface area contributed by atoms with Gasteiger partial charge in [0.1, 0.15) is 0 Å². The summed E-state index contributed by atoms with van der Waals surface area (Å²) >= 11 is 0. The number of rotatable bonds is 4. The molecule has 0 fully saturated rings. The lowest BCUT2D eigenvalue weighted by Gasteiger charge is -2.26. The van der Waals surface area contributed by atoms with Crippen LogP contribution in [-0.4, -0.2) is 28.9 Å². The number of ether oxygens (including phenoxy) is 1. The number of carbonyl (C=O) groups excluding carboxylic acids is 2. The molecule has 0 aliphatic carbocycles. The van der Waals surface area contributed by atoms with E-state index in [0.29, 0.717) is 0 Å². The van der Waals surface area contributed by atoms with Gasteiger partial charge in [-0.05, 0) is 44.9 Å². The molecule has 7 heteroatoms. The molecule has 1 amide bonds. The first-order chi connectivity index (χ1) is 12.8. The van der Waals surface area contributed by atoms with Crippen molar-refractivity contribution in [2.45, 2.75) is 39.3 Å². The molecule has 0 unspecified atom stereocenters. The molecular formula is C20H20N2O5. The summed E-state index contributed by atoms with van der Waals surface area (Å²) < 4.78 is 5.34. The Bertz CT molecular complexity index is 924. The van der Waals surface area contributed by atoms with Crippen molar-refractivity contribution in [1.29, 1.82) is 0 Å². The molecule has 0 radical (unpaired) electrons. The lowest BCUT2D eigenvalue weighted by Crippen LogP contribution is -2.43. The highest BCUT2D eigenvalue weighted by Gasteiger charge is 2.34. The number of fused-ring (bicyclic) bond motifs is 1. The monoisotopic (exact) mass is 368 g/mol. The Balaban J connectivity index is 1.79. The third-order valence-corrected chi connectivity index (χ3v) is 4.80. The maximum Gasteiger partial charge on any atom is 0.339 e. The van der Waals surface area contributed by atoms with Crippen molar-refractivity contribution in [1.82, 2.24) is 0 Å². The number of amides is 1. The van der Waals surface area contributed by atoms with E-state index >= 15 is 0 Å². The first kappa shape index (κ1) is 18.6. The standard InChI is InChI=1S/C20H20N2O5/c1-12-11-15-7-4-5-9-18(15)21(12)19(23)14(3)27-20(24)16-8-6-10-17(13(16)2)22(25)26/h4-10,12,14H,11H2,1-3H3/t12-,14+/m1/s1. The van der Waals surface area contributed by atoms with Crippen LogP contribution in [0.5, 0.6) is 0 Å². The van der Waals surface area contributed by atoms with Gasteiger partial charge in [0.2, 0.25) is 0 Å². The third-order valence-electron chi connectivity index (χ3n) is 4.80. The zero-order valence-electron chi connectivity index (χ0n) is 15.3. The molecular weight excluding hydrogens is 348 g/mol. The molecule has 0 bridgehead atoms. The highest BCUT2D eigenvalue weighted by atomic mass is 16.6. The quantitative estimate of drug-likeness (QED) is 0.468. The summed E-state index contributed by atoms with van der Waals surface area (Å²) in [7, 11) is 0. The van der Waals surface area contributed by atoms with Gasteiger partial charge in [-0.2, -0.15) is 0 Å². The Labute approximate surface area is 156 Å². The Kier molecular flexibility index (Phi) is 4.94. The van der Waals surface area contributed by atoms with Crippen molar-refractivity contribution >= 4 is 23.3 Å². The molecule has 0 saturated carbocycles. The third kappa shape index (κ3) is 3.40. The molecule has 2 atom stereocenters. The number of benzene rings is 2. The minimum Gasteiger partial charge on any atom is -0.449 e. The fourth-order valence-corrected chi connectivity index (χ4v) is 3.41. The van der Waals surface area contributed by atoms with Crippen molar-refractivity contribution in [3.05, 3.63) is 69.3 Å². The van der Waals surface area contributed by atoms with Gasteiger partial charge in [0.05, 0.1) is 10.5 Å². The zero-order chi connectivity index (χ0) is 19.7. The number of hydrogen-bond acceptors (Lipinski definition) is 5. The first-order valence-corrected chi connectivity index (χ1v) is 8.67. The number of anilines is 1. The maximum absolute atomic E-state index is 12.9. The average molecular weight is 368 g/mol. The van der Waals surface area contributed by atoms with Crippen LogP contribution < -0.4 is 4.90 Å². The summed E-state index contributed by atoms with van der Waals surface area (Å²) in [5.74, 6) is -1.07. The van der Waals surface area contributed by atoms with Crippen molar-refractivity contribution in [3.63, 3.8) is 0 Å². The van der Waals surface area contributed by atoms with Crippen LogP contribution in [0.3, 0.4) is 0 Å². The highest BCUT2D eigenvalue weighted by Crippen LogP contribution is 2.32. The van der Waals surface area contributed by atoms with E-state index in [1.165, 1.54) is 32.0 Å². The fraction of sp³-hybridized carbons (Fsp3) is 0.300. The van der Waals surface area contributed by atoms with Crippen molar-refractivity contribution < 1.29 is 19.2 Å². The highest BCUT2D eigenvalue weighted by molar-refractivity contribution is 6.01. The van der Waals surface area contributed by atoms with Gasteiger partial charge in [0.25, 0.3) is 11.6 Å². The van der Waals surface area contributed by atoms with E-state index in [9.17, 15) is 19.7 Å². The zero-order valence-corrected chi connectivity index (χ0v) is 15.3. The first-order valence-electron chi connectivity index (χ1n) is 8.67. The largest absolute Gasteiger partial charge is 0.449 e. The van der Waals surface area contributed by atoms with Crippen LogP contribution >= 0.6 is 0 Å². The van der Waals surface area contributed by atoms with Crippen molar-refractivity contribution in [2.75, 3.05) is 4.90 Å².